The maximum absolute atomic E-state index is 11.9. The van der Waals surface area contributed by atoms with Crippen LogP contribution in [0.15, 0.2) is 36.4 Å². The summed E-state index contributed by atoms with van der Waals surface area (Å²) in [6.07, 6.45) is -1.27. The van der Waals surface area contributed by atoms with Crippen LogP contribution in [0.5, 0.6) is 23.0 Å². The Bertz CT molecular complexity index is 760. The third-order valence-corrected chi connectivity index (χ3v) is 3.80. The first-order valence-corrected chi connectivity index (χ1v) is 8.10. The van der Waals surface area contributed by atoms with Crippen LogP contribution in [0.2, 0.25) is 0 Å². The molecule has 0 aliphatic carbocycles. The van der Waals surface area contributed by atoms with Crippen molar-refractivity contribution in [2.45, 2.75) is 0 Å². The van der Waals surface area contributed by atoms with Crippen molar-refractivity contribution in [1.82, 2.24) is 0 Å². The molecule has 0 saturated heterocycles. The monoisotopic (exact) mass is 470 g/mol. The van der Waals surface area contributed by atoms with Crippen LogP contribution in [0.25, 0.3) is 0 Å². The SMILES string of the molecule is COc1ccc(B(O)OC(=O)OB(O)c2ccc(OC)c(OC)c2)cc1OC.[KH].[KH]. The molecule has 0 atom stereocenters. The fraction of sp³-hybridized carbons (Fsp3) is 0.235. The van der Waals surface area contributed by atoms with Crippen molar-refractivity contribution >= 4 is 134 Å². The minimum atomic E-state index is -1.63. The molecule has 30 heavy (non-hydrogen) atoms. The predicted octanol–water partition coefficient (Wildman–Crippen LogP) is -1.35. The number of methoxy groups -OCH3 is 4. The quantitative estimate of drug-likeness (QED) is 0.453. The normalized spacial score (nSPS) is 9.27. The van der Waals surface area contributed by atoms with E-state index in [9.17, 15) is 14.8 Å². The van der Waals surface area contributed by atoms with Crippen LogP contribution in [0.4, 0.5) is 4.79 Å². The molecule has 9 nitrogen and oxygen atoms in total. The van der Waals surface area contributed by atoms with Crippen molar-refractivity contribution in [1.29, 1.82) is 0 Å². The maximum atomic E-state index is 11.9. The summed E-state index contributed by atoms with van der Waals surface area (Å²) in [5.41, 5.74) is 0.463. The van der Waals surface area contributed by atoms with Gasteiger partial charge in [0.25, 0.3) is 0 Å². The van der Waals surface area contributed by atoms with Gasteiger partial charge >= 0.3 is 123 Å². The summed E-state index contributed by atoms with van der Waals surface area (Å²) in [7, 11) is 2.54. The summed E-state index contributed by atoms with van der Waals surface area (Å²) >= 11 is 0. The van der Waals surface area contributed by atoms with Crippen molar-refractivity contribution in [2.24, 2.45) is 0 Å². The van der Waals surface area contributed by atoms with E-state index in [-0.39, 0.29) is 114 Å². The molecule has 13 heteroatoms. The molecule has 0 aliphatic rings. The Kier molecular flexibility index (Phi) is 15.3. The molecule has 0 amide bonds. The van der Waals surface area contributed by atoms with Gasteiger partial charge in [-0.2, -0.15) is 0 Å². The van der Waals surface area contributed by atoms with E-state index in [2.05, 4.69) is 0 Å². The van der Waals surface area contributed by atoms with E-state index in [4.69, 9.17) is 28.3 Å². The van der Waals surface area contributed by atoms with Gasteiger partial charge in [0, 0.05) is 10.9 Å². The molecular weight excluding hydrogens is 448 g/mol. The van der Waals surface area contributed by atoms with Gasteiger partial charge < -0.3 is 38.3 Å². The van der Waals surface area contributed by atoms with Crippen LogP contribution in [0.3, 0.4) is 0 Å². The summed E-state index contributed by atoms with van der Waals surface area (Å²) < 4.78 is 30.0. The molecule has 0 heterocycles. The number of carbonyl (C=O) groups is 1. The Morgan fingerprint density at radius 1 is 0.667 bits per heavy atom. The fourth-order valence-electron chi connectivity index (χ4n) is 2.36. The van der Waals surface area contributed by atoms with Crippen LogP contribution in [-0.4, -0.2) is 162 Å². The van der Waals surface area contributed by atoms with Crippen LogP contribution in [0.1, 0.15) is 0 Å². The molecule has 0 radical (unpaired) electrons. The number of hydrogen-bond acceptors (Lipinski definition) is 9. The second-order valence-corrected chi connectivity index (χ2v) is 5.42. The third kappa shape index (κ3) is 8.30. The molecule has 0 saturated carbocycles. The van der Waals surface area contributed by atoms with E-state index >= 15 is 0 Å². The Balaban J connectivity index is 0.00000420. The fourth-order valence-corrected chi connectivity index (χ4v) is 2.36. The van der Waals surface area contributed by atoms with Gasteiger partial charge in [0.15, 0.2) is 23.0 Å². The van der Waals surface area contributed by atoms with Gasteiger partial charge in [-0.25, -0.2) is 4.79 Å². The van der Waals surface area contributed by atoms with E-state index < -0.39 is 20.4 Å². The van der Waals surface area contributed by atoms with Gasteiger partial charge in [-0.1, -0.05) is 12.1 Å². The number of carbonyl (C=O) groups excluding carboxylic acids is 1. The topological polar surface area (TPSA) is 113 Å². The molecule has 2 aromatic rings. The molecular formula is C17H22B2K2O9. The average Bonchev–Trinajstić information content (AvgIpc) is 2.72. The van der Waals surface area contributed by atoms with Gasteiger partial charge in [-0.3, -0.25) is 0 Å². The van der Waals surface area contributed by atoms with Crippen molar-refractivity contribution < 1.29 is 43.1 Å². The van der Waals surface area contributed by atoms with Crippen LogP contribution in [0, 0.1) is 0 Å². The second-order valence-electron chi connectivity index (χ2n) is 5.42. The summed E-state index contributed by atoms with van der Waals surface area (Å²) in [6, 6.07) is 8.96. The Morgan fingerprint density at radius 3 is 1.30 bits per heavy atom. The van der Waals surface area contributed by atoms with Gasteiger partial charge in [-0.05, 0) is 24.3 Å². The van der Waals surface area contributed by atoms with E-state index in [1.165, 1.54) is 52.7 Å². The Labute approximate surface area is 260 Å². The molecule has 0 unspecified atom stereocenters. The number of rotatable bonds is 8. The first kappa shape index (κ1) is 30.2. The molecule has 152 valence electrons. The van der Waals surface area contributed by atoms with Crippen LogP contribution < -0.4 is 29.9 Å². The summed E-state index contributed by atoms with van der Waals surface area (Å²) in [5, 5.41) is 20.1. The summed E-state index contributed by atoms with van der Waals surface area (Å²) in [5.74, 6) is 1.59. The summed E-state index contributed by atoms with van der Waals surface area (Å²) in [4.78, 5) is 11.9. The van der Waals surface area contributed by atoms with E-state index in [0.29, 0.717) is 23.0 Å². The number of hydrogen-bond donors (Lipinski definition) is 2. The first-order valence-electron chi connectivity index (χ1n) is 8.10. The number of benzene rings is 2. The van der Waals surface area contributed by atoms with Crippen molar-refractivity contribution in [3.63, 3.8) is 0 Å². The molecule has 0 spiro atoms. The molecule has 0 aromatic heterocycles. The molecule has 2 N–H and O–H groups in total. The zero-order valence-electron chi connectivity index (χ0n) is 15.9. The van der Waals surface area contributed by atoms with Gasteiger partial charge in [0.05, 0.1) is 28.4 Å². The van der Waals surface area contributed by atoms with Crippen LogP contribution in [-0.2, 0) is 9.31 Å². The van der Waals surface area contributed by atoms with E-state index in [0.717, 1.165) is 0 Å². The van der Waals surface area contributed by atoms with Crippen molar-refractivity contribution in [2.75, 3.05) is 28.4 Å². The second kappa shape index (κ2) is 15.1. The number of ether oxygens (including phenoxy) is 4. The molecule has 0 aliphatic heterocycles. The first-order chi connectivity index (χ1) is 13.4. The standard InChI is InChI=1S/C17H20B2O9.2K.2H/c1-23-13-7-5-11(9-15(13)25-3)18(21)27-17(20)28-19(22)12-6-8-14(24-2)16(10-12)26-4;;;;/h5-10,21-22H,1-4H3;;;;. The zero-order valence-corrected chi connectivity index (χ0v) is 15.9. The molecule has 0 bridgehead atoms. The van der Waals surface area contributed by atoms with Crippen molar-refractivity contribution in [3.8, 4) is 23.0 Å². The Hall–Kier alpha value is 0.233. The van der Waals surface area contributed by atoms with E-state index in [1.807, 2.05) is 0 Å². The Morgan fingerprint density at radius 2 is 1.00 bits per heavy atom. The van der Waals surface area contributed by atoms with Gasteiger partial charge in [0.1, 0.15) is 0 Å². The minimum absolute atomic E-state index is 0. The average molecular weight is 470 g/mol. The third-order valence-electron chi connectivity index (χ3n) is 3.80. The predicted molar refractivity (Wildman–Crippen MR) is 116 cm³/mol. The van der Waals surface area contributed by atoms with Gasteiger partial charge in [0.2, 0.25) is 0 Å². The summed E-state index contributed by atoms with van der Waals surface area (Å²) in [6.45, 7) is 0. The van der Waals surface area contributed by atoms with Gasteiger partial charge in [-0.15, -0.1) is 0 Å². The van der Waals surface area contributed by atoms with Crippen LogP contribution >= 0.6 is 0 Å². The molecule has 2 aromatic carbocycles. The molecule has 0 fully saturated rings. The molecule has 2 rings (SSSR count). The zero-order chi connectivity index (χ0) is 20.7. The van der Waals surface area contributed by atoms with E-state index in [1.54, 1.807) is 12.1 Å². The van der Waals surface area contributed by atoms with Crippen molar-refractivity contribution in [3.05, 3.63) is 36.4 Å².